The number of nitrogens with zero attached hydrogens (tertiary/aromatic N) is 3. The predicted molar refractivity (Wildman–Crippen MR) is 62.4 cm³/mol. The van der Waals surface area contributed by atoms with E-state index in [-0.39, 0.29) is 6.03 Å². The van der Waals surface area contributed by atoms with Gasteiger partial charge in [0.05, 0.1) is 5.69 Å². The van der Waals surface area contributed by atoms with Crippen LogP contribution in [0.3, 0.4) is 0 Å². The van der Waals surface area contributed by atoms with Gasteiger partial charge in [0.1, 0.15) is 5.82 Å². The van der Waals surface area contributed by atoms with Crippen LogP contribution < -0.4 is 5.32 Å². The fourth-order valence-electron chi connectivity index (χ4n) is 2.01. The maximum atomic E-state index is 11.9. The zero-order valence-corrected chi connectivity index (χ0v) is 9.86. The number of rotatable bonds is 1. The standard InChI is InChI=1S/C11H18N4O/c1-9-8-10(14(2)13-9)12-11(16)15-6-4-3-5-7-15/h8H,3-7H2,1-2H3,(H,12,16). The molecule has 16 heavy (non-hydrogen) atoms. The Labute approximate surface area is 95.4 Å². The average Bonchev–Trinajstić information content (AvgIpc) is 2.59. The minimum absolute atomic E-state index is 0.0114. The van der Waals surface area contributed by atoms with Crippen molar-refractivity contribution in [2.45, 2.75) is 26.2 Å². The second-order valence-electron chi connectivity index (χ2n) is 4.27. The zero-order valence-electron chi connectivity index (χ0n) is 9.86. The van der Waals surface area contributed by atoms with Crippen molar-refractivity contribution < 1.29 is 4.79 Å². The summed E-state index contributed by atoms with van der Waals surface area (Å²) in [6.45, 7) is 3.64. The second-order valence-corrected chi connectivity index (χ2v) is 4.27. The Kier molecular flexibility index (Phi) is 3.12. The number of amides is 2. The van der Waals surface area contributed by atoms with Crippen LogP contribution in [-0.4, -0.2) is 33.8 Å². The van der Waals surface area contributed by atoms with Crippen LogP contribution >= 0.6 is 0 Å². The van der Waals surface area contributed by atoms with E-state index in [2.05, 4.69) is 10.4 Å². The van der Waals surface area contributed by atoms with Crippen LogP contribution in [0.5, 0.6) is 0 Å². The fraction of sp³-hybridized carbons (Fsp3) is 0.636. The Balaban J connectivity index is 1.98. The molecule has 0 unspecified atom stereocenters. The SMILES string of the molecule is Cc1cc(NC(=O)N2CCCCC2)n(C)n1. The number of nitrogens with one attached hydrogen (secondary N) is 1. The van der Waals surface area contributed by atoms with Crippen molar-refractivity contribution >= 4 is 11.8 Å². The van der Waals surface area contributed by atoms with Crippen molar-refractivity contribution in [2.24, 2.45) is 7.05 Å². The number of hydrogen-bond donors (Lipinski definition) is 1. The predicted octanol–water partition coefficient (Wildman–Crippen LogP) is 1.75. The first-order valence-corrected chi connectivity index (χ1v) is 5.73. The lowest BCUT2D eigenvalue weighted by molar-refractivity contribution is 0.200. The third-order valence-corrected chi connectivity index (χ3v) is 2.88. The molecule has 1 fully saturated rings. The number of urea groups is 1. The van der Waals surface area contributed by atoms with Gasteiger partial charge in [-0.05, 0) is 26.2 Å². The Bertz CT molecular complexity index is 379. The van der Waals surface area contributed by atoms with Crippen LogP contribution in [0.1, 0.15) is 25.0 Å². The molecule has 88 valence electrons. The number of anilines is 1. The molecule has 0 aliphatic carbocycles. The molecule has 1 aromatic heterocycles. The largest absolute Gasteiger partial charge is 0.325 e. The quantitative estimate of drug-likeness (QED) is 0.787. The third kappa shape index (κ3) is 2.35. The number of aryl methyl sites for hydroxylation is 2. The molecule has 0 spiro atoms. The molecule has 0 radical (unpaired) electrons. The van der Waals surface area contributed by atoms with E-state index >= 15 is 0 Å². The lowest BCUT2D eigenvalue weighted by Crippen LogP contribution is -2.39. The fourth-order valence-corrected chi connectivity index (χ4v) is 2.01. The van der Waals surface area contributed by atoms with Gasteiger partial charge in [-0.25, -0.2) is 4.79 Å². The highest BCUT2D eigenvalue weighted by Crippen LogP contribution is 2.12. The molecule has 2 heterocycles. The van der Waals surface area contributed by atoms with E-state index in [1.54, 1.807) is 4.68 Å². The number of aromatic nitrogens is 2. The first-order chi connectivity index (χ1) is 7.66. The van der Waals surface area contributed by atoms with Crippen molar-refractivity contribution in [3.63, 3.8) is 0 Å². The molecule has 1 aromatic rings. The van der Waals surface area contributed by atoms with Gasteiger partial charge in [0, 0.05) is 26.2 Å². The molecule has 0 saturated carbocycles. The normalized spacial score (nSPS) is 16.2. The summed E-state index contributed by atoms with van der Waals surface area (Å²) >= 11 is 0. The Morgan fingerprint density at radius 2 is 2.06 bits per heavy atom. The van der Waals surface area contributed by atoms with Crippen LogP contribution in [0.25, 0.3) is 0 Å². The molecule has 2 rings (SSSR count). The number of likely N-dealkylation sites (tertiary alicyclic amines) is 1. The lowest BCUT2D eigenvalue weighted by Gasteiger charge is -2.26. The summed E-state index contributed by atoms with van der Waals surface area (Å²) in [4.78, 5) is 13.8. The van der Waals surface area contributed by atoms with Crippen LogP contribution in [-0.2, 0) is 7.05 Å². The molecule has 1 saturated heterocycles. The number of hydrogen-bond acceptors (Lipinski definition) is 2. The van der Waals surface area contributed by atoms with Crippen molar-refractivity contribution in [1.82, 2.24) is 14.7 Å². The molecule has 1 aliphatic heterocycles. The van der Waals surface area contributed by atoms with E-state index in [0.717, 1.165) is 37.4 Å². The first-order valence-electron chi connectivity index (χ1n) is 5.73. The Morgan fingerprint density at radius 1 is 1.38 bits per heavy atom. The van der Waals surface area contributed by atoms with Crippen LogP contribution in [0.4, 0.5) is 10.6 Å². The molecule has 5 heteroatoms. The first kappa shape index (κ1) is 11.0. The van der Waals surface area contributed by atoms with E-state index in [1.165, 1.54) is 6.42 Å². The van der Waals surface area contributed by atoms with Gasteiger partial charge in [-0.3, -0.25) is 10.00 Å². The van der Waals surface area contributed by atoms with Gasteiger partial charge < -0.3 is 4.90 Å². The van der Waals surface area contributed by atoms with Gasteiger partial charge in [-0.1, -0.05) is 0 Å². The summed E-state index contributed by atoms with van der Waals surface area (Å²) in [5.74, 6) is 0.757. The molecule has 5 nitrogen and oxygen atoms in total. The summed E-state index contributed by atoms with van der Waals surface area (Å²) in [6.07, 6.45) is 3.45. The smallest absolute Gasteiger partial charge is 0.322 e. The highest BCUT2D eigenvalue weighted by molar-refractivity contribution is 5.88. The Hall–Kier alpha value is -1.52. The highest BCUT2D eigenvalue weighted by Gasteiger charge is 2.17. The molecular weight excluding hydrogens is 204 g/mol. The van der Waals surface area contributed by atoms with E-state index in [1.807, 2.05) is 24.9 Å². The highest BCUT2D eigenvalue weighted by atomic mass is 16.2. The molecule has 1 N–H and O–H groups in total. The van der Waals surface area contributed by atoms with Crippen molar-refractivity contribution in [3.8, 4) is 0 Å². The topological polar surface area (TPSA) is 50.2 Å². The van der Waals surface area contributed by atoms with Crippen LogP contribution in [0.15, 0.2) is 6.07 Å². The summed E-state index contributed by atoms with van der Waals surface area (Å²) in [5, 5.41) is 7.08. The van der Waals surface area contributed by atoms with Gasteiger partial charge in [0.2, 0.25) is 0 Å². The molecule has 2 amide bonds. The van der Waals surface area contributed by atoms with E-state index in [9.17, 15) is 4.79 Å². The maximum Gasteiger partial charge on any atom is 0.322 e. The number of piperidine rings is 1. The minimum atomic E-state index is -0.0114. The van der Waals surface area contributed by atoms with Gasteiger partial charge in [0.25, 0.3) is 0 Å². The molecule has 0 atom stereocenters. The van der Waals surface area contributed by atoms with Crippen LogP contribution in [0.2, 0.25) is 0 Å². The van der Waals surface area contributed by atoms with E-state index in [4.69, 9.17) is 0 Å². The Morgan fingerprint density at radius 3 is 2.62 bits per heavy atom. The van der Waals surface area contributed by atoms with Crippen molar-refractivity contribution in [3.05, 3.63) is 11.8 Å². The molecule has 1 aliphatic rings. The zero-order chi connectivity index (χ0) is 11.5. The maximum absolute atomic E-state index is 11.9. The van der Waals surface area contributed by atoms with Crippen molar-refractivity contribution in [1.29, 1.82) is 0 Å². The number of carbonyl (C=O) groups is 1. The van der Waals surface area contributed by atoms with E-state index in [0.29, 0.717) is 0 Å². The van der Waals surface area contributed by atoms with E-state index < -0.39 is 0 Å². The average molecular weight is 222 g/mol. The van der Waals surface area contributed by atoms with Gasteiger partial charge in [0.15, 0.2) is 0 Å². The van der Waals surface area contributed by atoms with Gasteiger partial charge >= 0.3 is 6.03 Å². The third-order valence-electron chi connectivity index (χ3n) is 2.88. The van der Waals surface area contributed by atoms with Crippen molar-refractivity contribution in [2.75, 3.05) is 18.4 Å². The summed E-state index contributed by atoms with van der Waals surface area (Å²) in [6, 6.07) is 1.87. The summed E-state index contributed by atoms with van der Waals surface area (Å²) in [5.41, 5.74) is 0.913. The summed E-state index contributed by atoms with van der Waals surface area (Å²) < 4.78 is 1.69. The van der Waals surface area contributed by atoms with Gasteiger partial charge in [-0.2, -0.15) is 5.10 Å². The molecular formula is C11H18N4O. The lowest BCUT2D eigenvalue weighted by atomic mass is 10.1. The van der Waals surface area contributed by atoms with Crippen LogP contribution in [0, 0.1) is 6.92 Å². The molecule has 0 aromatic carbocycles. The number of carbonyl (C=O) groups excluding carboxylic acids is 1. The minimum Gasteiger partial charge on any atom is -0.325 e. The monoisotopic (exact) mass is 222 g/mol. The summed E-state index contributed by atoms with van der Waals surface area (Å²) in [7, 11) is 1.83. The second kappa shape index (κ2) is 4.55. The molecule has 0 bridgehead atoms. The van der Waals surface area contributed by atoms with Gasteiger partial charge in [-0.15, -0.1) is 0 Å².